The van der Waals surface area contributed by atoms with Crippen molar-refractivity contribution >= 4 is 23.5 Å². The SMILES string of the molecule is CCC(C)CC(C)C(CC(NC)NC(=NCc1ccc(F)cc1Cl)NC(=O)c1ccc(C(F)(F)F)cc1)c1ccc(F)cc1. The topological polar surface area (TPSA) is 65.5 Å². The largest absolute Gasteiger partial charge is 0.416 e. The van der Waals surface area contributed by atoms with Crippen LogP contribution in [0.15, 0.2) is 71.7 Å². The van der Waals surface area contributed by atoms with Gasteiger partial charge in [0.05, 0.1) is 18.3 Å². The van der Waals surface area contributed by atoms with Crippen molar-refractivity contribution in [2.75, 3.05) is 7.05 Å². The summed E-state index contributed by atoms with van der Waals surface area (Å²) < 4.78 is 66.5. The standard InChI is InChI=1S/C33H38ClF5N4O/c1-5-20(2)16-21(3)28(22-8-13-26(35)14-9-22)18-30(40-4)42-32(41-19-24-10-15-27(36)17-29(24)34)43-31(44)23-6-11-25(12-7-23)33(37,38)39/h6-15,17,20-21,28,30,40H,5,16,18-19H2,1-4H3,(H2,41,42,43,44). The van der Waals surface area contributed by atoms with E-state index in [1.165, 1.54) is 24.3 Å². The Hall–Kier alpha value is -3.50. The number of carbonyl (C=O) groups is 1. The van der Waals surface area contributed by atoms with Crippen molar-refractivity contribution in [2.24, 2.45) is 16.8 Å². The van der Waals surface area contributed by atoms with Crippen molar-refractivity contribution < 1.29 is 26.7 Å². The molecule has 0 aliphatic rings. The molecule has 0 bridgehead atoms. The first-order valence-electron chi connectivity index (χ1n) is 14.5. The third kappa shape index (κ3) is 10.3. The van der Waals surface area contributed by atoms with Gasteiger partial charge < -0.3 is 10.6 Å². The average Bonchev–Trinajstić information content (AvgIpc) is 2.98. The van der Waals surface area contributed by atoms with Crippen molar-refractivity contribution in [1.29, 1.82) is 0 Å². The molecule has 4 unspecified atom stereocenters. The molecule has 0 saturated heterocycles. The second-order valence-corrected chi connectivity index (χ2v) is 11.4. The van der Waals surface area contributed by atoms with Gasteiger partial charge in [-0.3, -0.25) is 10.1 Å². The molecule has 3 aromatic carbocycles. The molecule has 0 saturated carbocycles. The van der Waals surface area contributed by atoms with Crippen molar-refractivity contribution in [1.82, 2.24) is 16.0 Å². The number of nitrogens with zero attached hydrogens (tertiary/aromatic N) is 1. The first kappa shape index (κ1) is 35.0. The smallest absolute Gasteiger partial charge is 0.341 e. The summed E-state index contributed by atoms with van der Waals surface area (Å²) in [6.07, 6.45) is -2.46. The van der Waals surface area contributed by atoms with Crippen LogP contribution in [-0.2, 0) is 12.7 Å². The van der Waals surface area contributed by atoms with Gasteiger partial charge in [-0.15, -0.1) is 0 Å². The fraction of sp³-hybridized carbons (Fsp3) is 0.394. The van der Waals surface area contributed by atoms with Crippen molar-refractivity contribution in [3.8, 4) is 0 Å². The molecule has 3 N–H and O–H groups in total. The maximum atomic E-state index is 13.8. The molecule has 0 radical (unpaired) electrons. The Balaban J connectivity index is 1.89. The number of benzene rings is 3. The molecule has 1 amide bonds. The number of rotatable bonds is 12. The Morgan fingerprint density at radius 2 is 1.57 bits per heavy atom. The Morgan fingerprint density at radius 1 is 0.932 bits per heavy atom. The number of hydrogen-bond donors (Lipinski definition) is 3. The molecule has 3 aromatic rings. The molecule has 4 atom stereocenters. The number of amides is 1. The van der Waals surface area contributed by atoms with Crippen molar-refractivity contribution in [3.63, 3.8) is 0 Å². The van der Waals surface area contributed by atoms with Crippen LogP contribution in [0.4, 0.5) is 22.0 Å². The summed E-state index contributed by atoms with van der Waals surface area (Å²) in [5.41, 5.74) is 0.596. The maximum absolute atomic E-state index is 13.8. The van der Waals surface area contributed by atoms with Gasteiger partial charge in [-0.25, -0.2) is 13.8 Å². The molecule has 0 spiro atoms. The number of aliphatic imine (C=N–C) groups is 1. The van der Waals surface area contributed by atoms with Crippen LogP contribution in [0, 0.1) is 23.5 Å². The minimum atomic E-state index is -4.54. The Bertz CT molecular complexity index is 1400. The minimum Gasteiger partial charge on any atom is -0.341 e. The van der Waals surface area contributed by atoms with E-state index in [4.69, 9.17) is 11.6 Å². The molecule has 5 nitrogen and oxygen atoms in total. The molecule has 3 rings (SSSR count). The molecule has 0 heterocycles. The van der Waals surface area contributed by atoms with Crippen LogP contribution < -0.4 is 16.0 Å². The Morgan fingerprint density at radius 3 is 2.14 bits per heavy atom. The first-order chi connectivity index (χ1) is 20.8. The third-order valence-corrected chi connectivity index (χ3v) is 8.09. The van der Waals surface area contributed by atoms with Crippen molar-refractivity contribution in [3.05, 3.63) is 106 Å². The van der Waals surface area contributed by atoms with Crippen LogP contribution in [0.5, 0.6) is 0 Å². The highest BCUT2D eigenvalue weighted by molar-refractivity contribution is 6.31. The zero-order valence-electron chi connectivity index (χ0n) is 25.1. The summed E-state index contributed by atoms with van der Waals surface area (Å²) in [6, 6.07) is 14.1. The van der Waals surface area contributed by atoms with Crippen LogP contribution in [-0.4, -0.2) is 25.1 Å². The van der Waals surface area contributed by atoms with E-state index in [1.807, 2.05) is 0 Å². The van der Waals surface area contributed by atoms with Gasteiger partial charge in [-0.05, 0) is 97.3 Å². The summed E-state index contributed by atoms with van der Waals surface area (Å²) in [5.74, 6) is -0.751. The first-order valence-corrected chi connectivity index (χ1v) is 14.8. The Labute approximate surface area is 260 Å². The maximum Gasteiger partial charge on any atom is 0.416 e. The van der Waals surface area contributed by atoms with E-state index >= 15 is 0 Å². The average molecular weight is 637 g/mol. The van der Waals surface area contributed by atoms with Gasteiger partial charge in [0.1, 0.15) is 11.6 Å². The number of guanidine groups is 1. The van der Waals surface area contributed by atoms with Crippen LogP contribution in [0.2, 0.25) is 5.02 Å². The van der Waals surface area contributed by atoms with Gasteiger partial charge in [0.15, 0.2) is 5.96 Å². The zero-order valence-corrected chi connectivity index (χ0v) is 25.9. The second-order valence-electron chi connectivity index (χ2n) is 11.0. The molecular weight excluding hydrogens is 599 g/mol. The highest BCUT2D eigenvalue weighted by atomic mass is 35.5. The van der Waals surface area contributed by atoms with Gasteiger partial charge in [0.2, 0.25) is 0 Å². The van der Waals surface area contributed by atoms with Gasteiger partial charge in [0.25, 0.3) is 5.91 Å². The van der Waals surface area contributed by atoms with Gasteiger partial charge >= 0.3 is 6.18 Å². The lowest BCUT2D eigenvalue weighted by molar-refractivity contribution is -0.137. The molecule has 0 aliphatic carbocycles. The molecule has 238 valence electrons. The van der Waals surface area contributed by atoms with E-state index < -0.39 is 29.6 Å². The van der Waals surface area contributed by atoms with E-state index in [2.05, 4.69) is 41.7 Å². The minimum absolute atomic E-state index is 0.000290. The van der Waals surface area contributed by atoms with Crippen LogP contribution >= 0.6 is 11.6 Å². The van der Waals surface area contributed by atoms with Gasteiger partial charge in [-0.1, -0.05) is 57.0 Å². The molecule has 44 heavy (non-hydrogen) atoms. The van der Waals surface area contributed by atoms with Crippen LogP contribution in [0.25, 0.3) is 0 Å². The second kappa shape index (κ2) is 16.0. The third-order valence-electron chi connectivity index (χ3n) is 7.73. The lowest BCUT2D eigenvalue weighted by Crippen LogP contribution is -2.51. The number of halogens is 6. The van der Waals surface area contributed by atoms with Crippen molar-refractivity contribution in [2.45, 2.75) is 64.8 Å². The van der Waals surface area contributed by atoms with Gasteiger partial charge in [-0.2, -0.15) is 13.2 Å². The summed E-state index contributed by atoms with van der Waals surface area (Å²) in [6.45, 7) is 6.47. The number of hydrogen-bond acceptors (Lipinski definition) is 3. The summed E-state index contributed by atoms with van der Waals surface area (Å²) >= 11 is 6.19. The van der Waals surface area contributed by atoms with E-state index in [9.17, 15) is 26.7 Å². The monoisotopic (exact) mass is 636 g/mol. The highest BCUT2D eigenvalue weighted by Gasteiger charge is 2.30. The normalized spacial score (nSPS) is 14.9. The van der Waals surface area contributed by atoms with E-state index in [1.54, 1.807) is 19.2 Å². The summed E-state index contributed by atoms with van der Waals surface area (Å²) in [5, 5.41) is 9.23. The summed E-state index contributed by atoms with van der Waals surface area (Å²) in [7, 11) is 1.74. The van der Waals surface area contributed by atoms with E-state index in [0.717, 1.165) is 48.7 Å². The number of alkyl halides is 3. The van der Waals surface area contributed by atoms with Crippen LogP contribution in [0.1, 0.15) is 73.0 Å². The molecule has 0 fully saturated rings. The highest BCUT2D eigenvalue weighted by Crippen LogP contribution is 2.34. The molecule has 0 aliphatic heterocycles. The quantitative estimate of drug-likeness (QED) is 0.0811. The van der Waals surface area contributed by atoms with Crippen LogP contribution in [0.3, 0.4) is 0 Å². The number of nitrogens with one attached hydrogen (secondary N) is 3. The predicted molar refractivity (Wildman–Crippen MR) is 164 cm³/mol. The molecular formula is C33H38ClF5N4O. The number of carbonyl (C=O) groups excluding carboxylic acids is 1. The summed E-state index contributed by atoms with van der Waals surface area (Å²) in [4.78, 5) is 17.6. The van der Waals surface area contributed by atoms with E-state index in [0.29, 0.717) is 17.9 Å². The lowest BCUT2D eigenvalue weighted by Gasteiger charge is -2.31. The molecule has 11 heteroatoms. The lowest BCUT2D eigenvalue weighted by atomic mass is 9.79. The van der Waals surface area contributed by atoms with E-state index in [-0.39, 0.29) is 40.7 Å². The molecule has 0 aromatic heterocycles. The fourth-order valence-electron chi connectivity index (χ4n) is 4.97. The van der Waals surface area contributed by atoms with Gasteiger partial charge in [0, 0.05) is 10.6 Å². The zero-order chi connectivity index (χ0) is 32.4. The fourth-order valence-corrected chi connectivity index (χ4v) is 5.19. The predicted octanol–water partition coefficient (Wildman–Crippen LogP) is 8.30. The Kier molecular flexibility index (Phi) is 12.7.